The Balaban J connectivity index is 1.92. The topological polar surface area (TPSA) is 9.23 Å². The fourth-order valence-electron chi connectivity index (χ4n) is 4.87. The van der Waals surface area contributed by atoms with E-state index in [0.717, 1.165) is 73.6 Å². The van der Waals surface area contributed by atoms with Crippen LogP contribution in [0, 0.1) is 23.3 Å². The van der Waals surface area contributed by atoms with Crippen LogP contribution in [0.4, 0.5) is 17.6 Å². The molecule has 4 aromatic rings. The molecule has 0 aliphatic heterocycles. The second-order valence-corrected chi connectivity index (χ2v) is 9.08. The van der Waals surface area contributed by atoms with Crippen LogP contribution in [0.3, 0.4) is 0 Å². The predicted octanol–water partition coefficient (Wildman–Crippen LogP) is 9.42. The van der Waals surface area contributed by atoms with Crippen LogP contribution < -0.4 is 4.74 Å². The Hall–Kier alpha value is -3.34. The van der Waals surface area contributed by atoms with Crippen molar-refractivity contribution in [2.24, 2.45) is 0 Å². The molecule has 0 spiro atoms. The Morgan fingerprint density at radius 3 is 2.14 bits per heavy atom. The van der Waals surface area contributed by atoms with Gasteiger partial charge >= 0.3 is 0 Å². The van der Waals surface area contributed by atoms with Gasteiger partial charge in [0.15, 0.2) is 17.4 Å². The molecule has 0 bridgehead atoms. The molecule has 0 unspecified atom stereocenters. The fraction of sp³-hybridized carbons (Fsp3) is 0.290. The lowest BCUT2D eigenvalue weighted by molar-refractivity contribution is 0.347. The first kappa shape index (κ1) is 25.7. The average molecular weight is 495 g/mol. The summed E-state index contributed by atoms with van der Waals surface area (Å²) in [6, 6.07) is 15.6. The Morgan fingerprint density at radius 1 is 0.722 bits per heavy atom. The van der Waals surface area contributed by atoms with Crippen LogP contribution in [-0.2, 0) is 12.8 Å². The quantitative estimate of drug-likeness (QED) is 0.166. The van der Waals surface area contributed by atoms with Gasteiger partial charge in [0.1, 0.15) is 5.82 Å². The first-order valence-corrected chi connectivity index (χ1v) is 12.5. The third-order valence-corrected chi connectivity index (χ3v) is 6.69. The lowest BCUT2D eigenvalue weighted by atomic mass is 9.85. The SMILES string of the molecule is CCCCc1cc2ccccc2c(CCCC)c1-c1ccc(-c2cc(F)c(OC)c(F)c2F)c(F)c1. The Labute approximate surface area is 209 Å². The number of unbranched alkanes of at least 4 members (excludes halogenated alkanes) is 2. The van der Waals surface area contributed by atoms with E-state index in [1.54, 1.807) is 6.07 Å². The molecule has 4 aromatic carbocycles. The predicted molar refractivity (Wildman–Crippen MR) is 138 cm³/mol. The molecular weight excluding hydrogens is 464 g/mol. The van der Waals surface area contributed by atoms with Crippen LogP contribution in [0.2, 0.25) is 0 Å². The molecule has 0 fully saturated rings. The van der Waals surface area contributed by atoms with E-state index in [1.165, 1.54) is 17.7 Å². The summed E-state index contributed by atoms with van der Waals surface area (Å²) in [5.41, 5.74) is 3.29. The summed E-state index contributed by atoms with van der Waals surface area (Å²) in [7, 11) is 1.05. The molecule has 0 heterocycles. The van der Waals surface area contributed by atoms with Crippen LogP contribution in [0.15, 0.2) is 54.6 Å². The summed E-state index contributed by atoms with van der Waals surface area (Å²) >= 11 is 0. The molecule has 0 N–H and O–H groups in total. The normalized spacial score (nSPS) is 11.3. The van der Waals surface area contributed by atoms with Gasteiger partial charge in [-0.15, -0.1) is 0 Å². The zero-order valence-corrected chi connectivity index (χ0v) is 20.9. The number of aryl methyl sites for hydroxylation is 2. The van der Waals surface area contributed by atoms with Crippen LogP contribution in [-0.4, -0.2) is 7.11 Å². The number of hydrogen-bond acceptors (Lipinski definition) is 1. The maximum Gasteiger partial charge on any atom is 0.204 e. The third-order valence-electron chi connectivity index (χ3n) is 6.69. The van der Waals surface area contributed by atoms with Crippen molar-refractivity contribution in [1.29, 1.82) is 0 Å². The number of rotatable bonds is 9. The number of ether oxygens (including phenoxy) is 1. The number of halogens is 4. The fourth-order valence-corrected chi connectivity index (χ4v) is 4.87. The zero-order valence-electron chi connectivity index (χ0n) is 20.9. The highest BCUT2D eigenvalue weighted by Gasteiger charge is 2.23. The number of benzene rings is 4. The number of methoxy groups -OCH3 is 1. The standard InChI is InChI=1S/C31H30F4O/c1-4-6-10-20-16-19-11-8-9-13-22(19)24(12-7-5-2)28(20)21-14-15-23(26(32)17-21)25-18-27(33)31(36-3)30(35)29(25)34/h8-9,11,13-18H,4-7,10,12H2,1-3H3. The maximum atomic E-state index is 15.5. The summed E-state index contributed by atoms with van der Waals surface area (Å²) in [5.74, 6) is -5.49. The van der Waals surface area contributed by atoms with E-state index >= 15 is 4.39 Å². The van der Waals surface area contributed by atoms with Crippen molar-refractivity contribution in [3.8, 4) is 28.0 Å². The van der Waals surface area contributed by atoms with E-state index in [2.05, 4.69) is 36.8 Å². The molecule has 0 atom stereocenters. The van der Waals surface area contributed by atoms with Gasteiger partial charge in [-0.1, -0.05) is 69.2 Å². The molecule has 0 saturated carbocycles. The van der Waals surface area contributed by atoms with Crippen molar-refractivity contribution in [3.63, 3.8) is 0 Å². The van der Waals surface area contributed by atoms with E-state index in [9.17, 15) is 13.2 Å². The monoisotopic (exact) mass is 494 g/mol. The minimum absolute atomic E-state index is 0.206. The second kappa shape index (κ2) is 11.2. The van der Waals surface area contributed by atoms with Gasteiger partial charge in [0.25, 0.3) is 0 Å². The van der Waals surface area contributed by atoms with Crippen LogP contribution in [0.5, 0.6) is 5.75 Å². The maximum absolute atomic E-state index is 15.5. The molecule has 0 aromatic heterocycles. The Morgan fingerprint density at radius 2 is 1.44 bits per heavy atom. The Bertz CT molecular complexity index is 1390. The number of hydrogen-bond donors (Lipinski definition) is 0. The highest BCUT2D eigenvalue weighted by atomic mass is 19.2. The minimum atomic E-state index is -1.48. The van der Waals surface area contributed by atoms with Crippen molar-refractivity contribution in [2.75, 3.05) is 7.11 Å². The molecule has 188 valence electrons. The molecule has 4 rings (SSSR count). The van der Waals surface area contributed by atoms with Gasteiger partial charge in [-0.05, 0) is 70.8 Å². The van der Waals surface area contributed by atoms with E-state index < -0.39 is 34.6 Å². The van der Waals surface area contributed by atoms with Crippen molar-refractivity contribution >= 4 is 10.8 Å². The van der Waals surface area contributed by atoms with Crippen molar-refractivity contribution in [3.05, 3.63) is 89.0 Å². The molecule has 0 aliphatic carbocycles. The van der Waals surface area contributed by atoms with Crippen molar-refractivity contribution in [1.82, 2.24) is 0 Å². The van der Waals surface area contributed by atoms with Crippen molar-refractivity contribution < 1.29 is 22.3 Å². The highest BCUT2D eigenvalue weighted by Crippen LogP contribution is 2.39. The van der Waals surface area contributed by atoms with Gasteiger partial charge < -0.3 is 4.74 Å². The summed E-state index contributed by atoms with van der Waals surface area (Å²) < 4.78 is 63.4. The van der Waals surface area contributed by atoms with Gasteiger partial charge in [-0.25, -0.2) is 13.2 Å². The van der Waals surface area contributed by atoms with E-state index in [4.69, 9.17) is 0 Å². The molecule has 36 heavy (non-hydrogen) atoms. The smallest absolute Gasteiger partial charge is 0.204 e. The van der Waals surface area contributed by atoms with Crippen LogP contribution in [0.1, 0.15) is 50.7 Å². The lowest BCUT2D eigenvalue weighted by Gasteiger charge is -2.19. The van der Waals surface area contributed by atoms with Crippen molar-refractivity contribution in [2.45, 2.75) is 52.4 Å². The summed E-state index contributed by atoms with van der Waals surface area (Å²) in [4.78, 5) is 0. The van der Waals surface area contributed by atoms with E-state index in [1.807, 2.05) is 12.1 Å². The van der Waals surface area contributed by atoms with E-state index in [0.29, 0.717) is 5.56 Å². The van der Waals surface area contributed by atoms with E-state index in [-0.39, 0.29) is 5.56 Å². The van der Waals surface area contributed by atoms with Crippen LogP contribution >= 0.6 is 0 Å². The average Bonchev–Trinajstić information content (AvgIpc) is 2.88. The highest BCUT2D eigenvalue weighted by molar-refractivity contribution is 5.94. The number of fused-ring (bicyclic) bond motifs is 1. The lowest BCUT2D eigenvalue weighted by Crippen LogP contribution is -2.02. The van der Waals surface area contributed by atoms with Crippen LogP contribution in [0.25, 0.3) is 33.0 Å². The first-order valence-electron chi connectivity index (χ1n) is 12.5. The molecule has 5 heteroatoms. The zero-order chi connectivity index (χ0) is 25.8. The van der Waals surface area contributed by atoms with Gasteiger partial charge in [-0.2, -0.15) is 4.39 Å². The van der Waals surface area contributed by atoms with Gasteiger partial charge in [0.05, 0.1) is 7.11 Å². The van der Waals surface area contributed by atoms with Gasteiger partial charge in [0.2, 0.25) is 5.82 Å². The minimum Gasteiger partial charge on any atom is -0.491 e. The summed E-state index contributed by atoms with van der Waals surface area (Å²) in [6.07, 6.45) is 5.73. The molecule has 1 nitrogen and oxygen atoms in total. The molecule has 0 saturated heterocycles. The molecule has 0 amide bonds. The van der Waals surface area contributed by atoms with Gasteiger partial charge in [0, 0.05) is 11.1 Å². The summed E-state index contributed by atoms with van der Waals surface area (Å²) in [5, 5.41) is 2.29. The molecule has 0 aliphatic rings. The molecule has 0 radical (unpaired) electrons. The van der Waals surface area contributed by atoms with Gasteiger partial charge in [-0.3, -0.25) is 0 Å². The largest absolute Gasteiger partial charge is 0.491 e. The second-order valence-electron chi connectivity index (χ2n) is 9.08. The Kier molecular flexibility index (Phi) is 7.97. The summed E-state index contributed by atoms with van der Waals surface area (Å²) in [6.45, 7) is 4.27. The first-order chi connectivity index (χ1) is 17.4. The molecular formula is C31H30F4O. The third kappa shape index (κ3) is 4.84.